The van der Waals surface area contributed by atoms with Gasteiger partial charge in [0.05, 0.1) is 0 Å². The van der Waals surface area contributed by atoms with Gasteiger partial charge < -0.3 is 10.5 Å². The number of nitrogens with zero attached hydrogens (tertiary/aromatic N) is 2. The highest BCUT2D eigenvalue weighted by Crippen LogP contribution is 2.24. The van der Waals surface area contributed by atoms with Gasteiger partial charge in [-0.1, -0.05) is 26.5 Å². The van der Waals surface area contributed by atoms with Crippen molar-refractivity contribution in [2.45, 2.75) is 13.5 Å². The number of anilines is 1. The van der Waals surface area contributed by atoms with Gasteiger partial charge in [0.15, 0.2) is 0 Å². The molecule has 0 aliphatic carbocycles. The van der Waals surface area contributed by atoms with Crippen molar-refractivity contribution in [2.24, 2.45) is 0 Å². The second-order valence-electron chi connectivity index (χ2n) is 3.28. The molecule has 4 nitrogen and oxygen atoms in total. The molecule has 0 spiro atoms. The van der Waals surface area contributed by atoms with Crippen LogP contribution in [-0.2, 0) is 6.61 Å². The first-order valence-electron chi connectivity index (χ1n) is 4.62. The summed E-state index contributed by atoms with van der Waals surface area (Å²) in [6.45, 7) is 2.34. The third-order valence-electron chi connectivity index (χ3n) is 2.10. The van der Waals surface area contributed by atoms with Gasteiger partial charge in [0, 0.05) is 16.0 Å². The molecule has 1 aromatic heterocycles. The molecule has 0 unspecified atom stereocenters. The molecule has 0 aliphatic rings. The smallest absolute Gasteiger partial charge is 0.136 e. The predicted molar refractivity (Wildman–Crippen MR) is 67.5 cm³/mol. The molecule has 6 heteroatoms. The van der Waals surface area contributed by atoms with Crippen LogP contribution in [0.1, 0.15) is 11.3 Å². The van der Waals surface area contributed by atoms with Crippen molar-refractivity contribution < 1.29 is 4.74 Å². The minimum atomic E-state index is 0.347. The van der Waals surface area contributed by atoms with Crippen molar-refractivity contribution >= 4 is 32.5 Å². The molecule has 84 valence electrons. The van der Waals surface area contributed by atoms with Gasteiger partial charge in [0.25, 0.3) is 0 Å². The predicted octanol–water partition coefficient (Wildman–Crippen LogP) is 2.77. The fourth-order valence-electron chi connectivity index (χ4n) is 1.19. The van der Waals surface area contributed by atoms with Gasteiger partial charge in [-0.3, -0.25) is 0 Å². The molecule has 0 saturated heterocycles. The fourth-order valence-corrected chi connectivity index (χ4v) is 1.96. The maximum Gasteiger partial charge on any atom is 0.136 e. The van der Waals surface area contributed by atoms with Crippen molar-refractivity contribution in [3.05, 3.63) is 33.9 Å². The highest BCUT2D eigenvalue weighted by atomic mass is 79.9. The molecule has 0 radical (unpaired) electrons. The van der Waals surface area contributed by atoms with E-state index >= 15 is 0 Å². The first kappa shape index (κ1) is 11.3. The summed E-state index contributed by atoms with van der Waals surface area (Å²) in [6.07, 6.45) is 0. The fraction of sp³-hybridized carbons (Fsp3) is 0.200. The van der Waals surface area contributed by atoms with Crippen LogP contribution in [0.15, 0.2) is 22.7 Å². The summed E-state index contributed by atoms with van der Waals surface area (Å²) in [6, 6.07) is 5.88. The number of nitrogens with two attached hydrogens (primary N) is 1. The van der Waals surface area contributed by atoms with E-state index in [4.69, 9.17) is 10.5 Å². The molecule has 0 bridgehead atoms. The summed E-state index contributed by atoms with van der Waals surface area (Å²) in [5.74, 6) is 0.821. The van der Waals surface area contributed by atoms with E-state index in [9.17, 15) is 0 Å². The van der Waals surface area contributed by atoms with Crippen LogP contribution in [0.3, 0.4) is 0 Å². The Balaban J connectivity index is 2.10. The van der Waals surface area contributed by atoms with Crippen molar-refractivity contribution in [2.75, 3.05) is 5.73 Å². The molecule has 2 N–H and O–H groups in total. The summed E-state index contributed by atoms with van der Waals surface area (Å²) in [4.78, 5) is 0. The Morgan fingerprint density at radius 2 is 2.31 bits per heavy atom. The molecule has 0 saturated carbocycles. The third-order valence-corrected chi connectivity index (χ3v) is 3.19. The Hall–Kier alpha value is -1.14. The Labute approximate surface area is 106 Å². The van der Waals surface area contributed by atoms with E-state index < -0.39 is 0 Å². The number of rotatable bonds is 3. The monoisotopic (exact) mass is 299 g/mol. The summed E-state index contributed by atoms with van der Waals surface area (Å²) in [7, 11) is 0. The number of ether oxygens (including phenoxy) is 1. The summed E-state index contributed by atoms with van der Waals surface area (Å²) in [5.41, 5.74) is 7.44. The minimum absolute atomic E-state index is 0.347. The standard InChI is InChI=1S/C10H10BrN3OS/c1-6-2-3-7(11)4-9(6)15-5-8-10(12)16-14-13-8/h2-4H,5,12H2,1H3. The molecule has 0 amide bonds. The molecule has 1 aromatic carbocycles. The van der Waals surface area contributed by atoms with Gasteiger partial charge in [-0.05, 0) is 24.6 Å². The summed E-state index contributed by atoms with van der Waals surface area (Å²) >= 11 is 4.57. The van der Waals surface area contributed by atoms with Crippen LogP contribution in [0, 0.1) is 6.92 Å². The number of aromatic nitrogens is 2. The first-order valence-corrected chi connectivity index (χ1v) is 6.19. The van der Waals surface area contributed by atoms with E-state index in [2.05, 4.69) is 25.5 Å². The van der Waals surface area contributed by atoms with Gasteiger partial charge in [-0.15, -0.1) is 5.10 Å². The lowest BCUT2D eigenvalue weighted by Gasteiger charge is -2.08. The Bertz CT molecular complexity index is 501. The van der Waals surface area contributed by atoms with Crippen LogP contribution in [-0.4, -0.2) is 9.59 Å². The number of benzene rings is 1. The van der Waals surface area contributed by atoms with Gasteiger partial charge in [-0.25, -0.2) is 0 Å². The number of hydrogen-bond acceptors (Lipinski definition) is 5. The van der Waals surface area contributed by atoms with Gasteiger partial charge in [-0.2, -0.15) is 0 Å². The Morgan fingerprint density at radius 3 is 3.00 bits per heavy atom. The Kier molecular flexibility index (Phi) is 3.40. The molecule has 0 aliphatic heterocycles. The summed E-state index contributed by atoms with van der Waals surface area (Å²) in [5, 5.41) is 4.49. The molecule has 16 heavy (non-hydrogen) atoms. The van der Waals surface area contributed by atoms with Crippen LogP contribution in [0.2, 0.25) is 0 Å². The summed E-state index contributed by atoms with van der Waals surface area (Å²) < 4.78 is 10.4. The largest absolute Gasteiger partial charge is 0.487 e. The number of halogens is 1. The maximum atomic E-state index is 5.68. The zero-order chi connectivity index (χ0) is 11.5. The molecule has 2 aromatic rings. The molecule has 0 atom stereocenters. The van der Waals surface area contributed by atoms with E-state index in [0.717, 1.165) is 15.8 Å². The molecule has 2 rings (SSSR count). The highest BCUT2D eigenvalue weighted by molar-refractivity contribution is 9.10. The highest BCUT2D eigenvalue weighted by Gasteiger charge is 2.06. The lowest BCUT2D eigenvalue weighted by molar-refractivity contribution is 0.299. The lowest BCUT2D eigenvalue weighted by Crippen LogP contribution is -2.00. The van der Waals surface area contributed by atoms with Crippen molar-refractivity contribution in [1.82, 2.24) is 9.59 Å². The minimum Gasteiger partial charge on any atom is -0.487 e. The second-order valence-corrected chi connectivity index (χ2v) is 4.98. The van der Waals surface area contributed by atoms with Crippen LogP contribution < -0.4 is 10.5 Å². The molecule has 0 fully saturated rings. The average Bonchev–Trinajstić information content (AvgIpc) is 2.66. The third kappa shape index (κ3) is 2.51. The Morgan fingerprint density at radius 1 is 1.50 bits per heavy atom. The van der Waals surface area contributed by atoms with Crippen LogP contribution in [0.25, 0.3) is 0 Å². The van der Waals surface area contributed by atoms with E-state index in [1.165, 1.54) is 11.5 Å². The zero-order valence-electron chi connectivity index (χ0n) is 8.61. The second kappa shape index (κ2) is 4.80. The van der Waals surface area contributed by atoms with Crippen molar-refractivity contribution in [1.29, 1.82) is 0 Å². The number of nitrogen functional groups attached to an aromatic ring is 1. The number of aryl methyl sites for hydroxylation is 1. The molecule has 1 heterocycles. The van der Waals surface area contributed by atoms with Crippen molar-refractivity contribution in [3.63, 3.8) is 0 Å². The maximum absolute atomic E-state index is 5.68. The molecular formula is C10H10BrN3OS. The van der Waals surface area contributed by atoms with E-state index in [1.54, 1.807) is 0 Å². The topological polar surface area (TPSA) is 61.0 Å². The van der Waals surface area contributed by atoms with E-state index in [0.29, 0.717) is 17.3 Å². The quantitative estimate of drug-likeness (QED) is 0.947. The van der Waals surface area contributed by atoms with Gasteiger partial charge in [0.2, 0.25) is 0 Å². The van der Waals surface area contributed by atoms with E-state index in [1.807, 2.05) is 25.1 Å². The lowest BCUT2D eigenvalue weighted by atomic mass is 10.2. The normalized spacial score (nSPS) is 10.4. The zero-order valence-corrected chi connectivity index (χ0v) is 11.0. The van der Waals surface area contributed by atoms with Crippen molar-refractivity contribution in [3.8, 4) is 5.75 Å². The van der Waals surface area contributed by atoms with Crippen LogP contribution in [0.4, 0.5) is 5.00 Å². The van der Waals surface area contributed by atoms with Gasteiger partial charge in [0.1, 0.15) is 23.1 Å². The van der Waals surface area contributed by atoms with Crippen LogP contribution >= 0.6 is 27.5 Å². The van der Waals surface area contributed by atoms with Gasteiger partial charge >= 0.3 is 0 Å². The first-order chi connectivity index (χ1) is 7.66. The van der Waals surface area contributed by atoms with E-state index in [-0.39, 0.29) is 0 Å². The number of hydrogen-bond donors (Lipinski definition) is 1. The SMILES string of the molecule is Cc1ccc(Br)cc1OCc1nnsc1N. The average molecular weight is 300 g/mol. The molecular weight excluding hydrogens is 290 g/mol. The van der Waals surface area contributed by atoms with Crippen LogP contribution in [0.5, 0.6) is 5.75 Å².